The van der Waals surface area contributed by atoms with Crippen molar-refractivity contribution < 1.29 is 9.21 Å². The minimum atomic E-state index is -0.0361. The highest BCUT2D eigenvalue weighted by Crippen LogP contribution is 2.22. The molecular weight excluding hydrogens is 252 g/mol. The largest absolute Gasteiger partial charge is 0.466 e. The number of anilines is 2. The number of nitrogens with two attached hydrogens (primary N) is 1. The number of benzene rings is 1. The van der Waals surface area contributed by atoms with E-state index in [0.717, 1.165) is 17.9 Å². The zero-order chi connectivity index (χ0) is 14.7. The second kappa shape index (κ2) is 5.82. The highest BCUT2D eigenvalue weighted by atomic mass is 16.3. The third-order valence-corrected chi connectivity index (χ3v) is 3.17. The van der Waals surface area contributed by atoms with Crippen molar-refractivity contribution in [2.24, 2.45) is 0 Å². The van der Waals surface area contributed by atoms with Crippen molar-refractivity contribution in [3.05, 3.63) is 47.4 Å². The minimum absolute atomic E-state index is 0.0361. The molecule has 0 fully saturated rings. The highest BCUT2D eigenvalue weighted by Gasteiger charge is 2.21. The molecule has 2 N–H and O–H groups in total. The summed E-state index contributed by atoms with van der Waals surface area (Å²) in [6.45, 7) is 6.36. The maximum Gasteiger partial charge on any atom is 0.261 e. The molecule has 1 aromatic carbocycles. The van der Waals surface area contributed by atoms with E-state index in [-0.39, 0.29) is 5.91 Å². The quantitative estimate of drug-likeness (QED) is 0.866. The lowest BCUT2D eigenvalue weighted by molar-refractivity contribution is 0.0985. The summed E-state index contributed by atoms with van der Waals surface area (Å²) in [7, 11) is 0. The second-order valence-corrected chi connectivity index (χ2v) is 4.88. The number of aryl methyl sites for hydroxylation is 2. The Bertz CT molecular complexity index is 599. The third kappa shape index (κ3) is 2.85. The van der Waals surface area contributed by atoms with Gasteiger partial charge in [0.25, 0.3) is 5.91 Å². The number of rotatable bonds is 4. The van der Waals surface area contributed by atoms with Gasteiger partial charge in [0.05, 0.1) is 5.56 Å². The molecule has 0 aliphatic rings. The molecule has 2 aromatic rings. The average molecular weight is 272 g/mol. The molecular formula is C16H20N2O2. The van der Waals surface area contributed by atoms with E-state index in [0.29, 0.717) is 23.6 Å². The van der Waals surface area contributed by atoms with Crippen molar-refractivity contribution in [2.75, 3.05) is 17.2 Å². The van der Waals surface area contributed by atoms with Crippen molar-refractivity contribution in [3.63, 3.8) is 0 Å². The molecule has 0 unspecified atom stereocenters. The fourth-order valence-corrected chi connectivity index (χ4v) is 2.21. The second-order valence-electron chi connectivity index (χ2n) is 4.88. The van der Waals surface area contributed by atoms with E-state index < -0.39 is 0 Å². The molecule has 0 radical (unpaired) electrons. The fourth-order valence-electron chi connectivity index (χ4n) is 2.21. The average Bonchev–Trinajstić information content (AvgIpc) is 2.75. The molecule has 0 spiro atoms. The van der Waals surface area contributed by atoms with Gasteiger partial charge in [-0.2, -0.15) is 0 Å². The molecule has 1 amide bonds. The first-order valence-electron chi connectivity index (χ1n) is 6.77. The van der Waals surface area contributed by atoms with Gasteiger partial charge in [-0.1, -0.05) is 6.92 Å². The zero-order valence-electron chi connectivity index (χ0n) is 12.1. The molecule has 0 aliphatic carbocycles. The molecule has 1 aromatic heterocycles. The van der Waals surface area contributed by atoms with Crippen LogP contribution < -0.4 is 10.6 Å². The van der Waals surface area contributed by atoms with Gasteiger partial charge in [-0.15, -0.1) is 0 Å². The Balaban J connectivity index is 2.35. The number of nitrogens with zero attached hydrogens (tertiary/aromatic N) is 1. The fraction of sp³-hybridized carbons (Fsp3) is 0.312. The molecule has 4 heteroatoms. The zero-order valence-corrected chi connectivity index (χ0v) is 12.1. The van der Waals surface area contributed by atoms with Crippen LogP contribution >= 0.6 is 0 Å². The van der Waals surface area contributed by atoms with E-state index in [1.165, 1.54) is 0 Å². The molecule has 4 nitrogen and oxygen atoms in total. The van der Waals surface area contributed by atoms with E-state index in [2.05, 4.69) is 0 Å². The molecule has 0 atom stereocenters. The lowest BCUT2D eigenvalue weighted by atomic mass is 10.2. The number of hydrogen-bond acceptors (Lipinski definition) is 3. The lowest BCUT2D eigenvalue weighted by Crippen LogP contribution is -2.31. The monoisotopic (exact) mass is 272 g/mol. The molecule has 0 aliphatic heterocycles. The van der Waals surface area contributed by atoms with Gasteiger partial charge in [0.15, 0.2) is 0 Å². The van der Waals surface area contributed by atoms with Crippen molar-refractivity contribution in [1.29, 1.82) is 0 Å². The predicted octanol–water partition coefficient (Wildman–Crippen LogP) is 3.54. The van der Waals surface area contributed by atoms with Crippen molar-refractivity contribution in [1.82, 2.24) is 0 Å². The van der Waals surface area contributed by atoms with Crippen LogP contribution in [0.4, 0.5) is 11.4 Å². The standard InChI is InChI=1S/C16H20N2O2/c1-4-9-18(14-7-5-13(17)6-8-14)16(19)15-10-11(2)20-12(15)3/h5-8,10H,4,9,17H2,1-3H3. The normalized spacial score (nSPS) is 10.6. The van der Waals surface area contributed by atoms with Crippen LogP contribution in [0.5, 0.6) is 0 Å². The summed E-state index contributed by atoms with van der Waals surface area (Å²) in [6, 6.07) is 9.13. The Morgan fingerprint density at radius 3 is 2.40 bits per heavy atom. The Hall–Kier alpha value is -2.23. The Morgan fingerprint density at radius 2 is 1.90 bits per heavy atom. The third-order valence-electron chi connectivity index (χ3n) is 3.17. The summed E-state index contributed by atoms with van der Waals surface area (Å²) in [5.74, 6) is 1.37. The first kappa shape index (κ1) is 14.2. The summed E-state index contributed by atoms with van der Waals surface area (Å²) < 4.78 is 5.45. The van der Waals surface area contributed by atoms with Crippen LogP contribution in [-0.2, 0) is 0 Å². The van der Waals surface area contributed by atoms with Gasteiger partial charge in [-0.05, 0) is 50.6 Å². The summed E-state index contributed by atoms with van der Waals surface area (Å²) in [4.78, 5) is 14.4. The van der Waals surface area contributed by atoms with Crippen molar-refractivity contribution >= 4 is 17.3 Å². The van der Waals surface area contributed by atoms with Gasteiger partial charge in [0, 0.05) is 17.9 Å². The van der Waals surface area contributed by atoms with Gasteiger partial charge in [-0.3, -0.25) is 4.79 Å². The molecule has 0 saturated heterocycles. The minimum Gasteiger partial charge on any atom is -0.466 e. The van der Waals surface area contributed by atoms with Crippen LogP contribution in [0.2, 0.25) is 0 Å². The van der Waals surface area contributed by atoms with Crippen LogP contribution in [0.25, 0.3) is 0 Å². The van der Waals surface area contributed by atoms with Gasteiger partial charge < -0.3 is 15.1 Å². The first-order valence-corrected chi connectivity index (χ1v) is 6.77. The summed E-state index contributed by atoms with van der Waals surface area (Å²) in [5, 5.41) is 0. The van der Waals surface area contributed by atoms with E-state index >= 15 is 0 Å². The Labute approximate surface area is 119 Å². The maximum absolute atomic E-state index is 12.7. The van der Waals surface area contributed by atoms with E-state index in [1.54, 1.807) is 23.1 Å². The number of hydrogen-bond donors (Lipinski definition) is 1. The number of carbonyl (C=O) groups excluding carboxylic acids is 1. The van der Waals surface area contributed by atoms with Gasteiger partial charge in [-0.25, -0.2) is 0 Å². The molecule has 106 valence electrons. The first-order chi connectivity index (χ1) is 9.52. The van der Waals surface area contributed by atoms with Crippen LogP contribution in [0.3, 0.4) is 0 Å². The topological polar surface area (TPSA) is 59.5 Å². The highest BCUT2D eigenvalue weighted by molar-refractivity contribution is 6.06. The number of carbonyl (C=O) groups is 1. The summed E-state index contributed by atoms with van der Waals surface area (Å²) in [5.41, 5.74) is 7.85. The number of nitrogen functional groups attached to an aromatic ring is 1. The van der Waals surface area contributed by atoms with Crippen LogP contribution in [0, 0.1) is 13.8 Å². The Morgan fingerprint density at radius 1 is 1.25 bits per heavy atom. The van der Waals surface area contributed by atoms with Crippen LogP contribution in [0.1, 0.15) is 35.2 Å². The number of furan rings is 1. The SMILES string of the molecule is CCCN(C(=O)c1cc(C)oc1C)c1ccc(N)cc1. The van der Waals surface area contributed by atoms with Gasteiger partial charge in [0.1, 0.15) is 11.5 Å². The van der Waals surface area contributed by atoms with Gasteiger partial charge in [0.2, 0.25) is 0 Å². The molecule has 20 heavy (non-hydrogen) atoms. The molecule has 2 rings (SSSR count). The smallest absolute Gasteiger partial charge is 0.261 e. The Kier molecular flexibility index (Phi) is 4.13. The summed E-state index contributed by atoms with van der Waals surface area (Å²) in [6.07, 6.45) is 0.881. The van der Waals surface area contributed by atoms with E-state index in [9.17, 15) is 4.79 Å². The van der Waals surface area contributed by atoms with Crippen molar-refractivity contribution in [2.45, 2.75) is 27.2 Å². The number of amides is 1. The van der Waals surface area contributed by atoms with Crippen molar-refractivity contribution in [3.8, 4) is 0 Å². The van der Waals surface area contributed by atoms with Gasteiger partial charge >= 0.3 is 0 Å². The summed E-state index contributed by atoms with van der Waals surface area (Å²) >= 11 is 0. The van der Waals surface area contributed by atoms with Crippen LogP contribution in [-0.4, -0.2) is 12.5 Å². The van der Waals surface area contributed by atoms with Crippen LogP contribution in [0.15, 0.2) is 34.7 Å². The van der Waals surface area contributed by atoms with E-state index in [1.807, 2.05) is 32.9 Å². The molecule has 0 bridgehead atoms. The van der Waals surface area contributed by atoms with E-state index in [4.69, 9.17) is 10.2 Å². The maximum atomic E-state index is 12.7. The molecule has 0 saturated carbocycles. The lowest BCUT2D eigenvalue weighted by Gasteiger charge is -2.22. The predicted molar refractivity (Wildman–Crippen MR) is 81.0 cm³/mol. The molecule has 1 heterocycles.